The van der Waals surface area contributed by atoms with Gasteiger partial charge in [0.25, 0.3) is 0 Å². The lowest BCUT2D eigenvalue weighted by Gasteiger charge is -2.17. The van der Waals surface area contributed by atoms with Crippen LogP contribution >= 0.6 is 0 Å². The number of fused-ring (bicyclic) bond motifs is 1. The molecule has 3 heteroatoms. The standard InChI is InChI=1S/C15H16O3/c1-15(2)9-12-5-3-4-10(13(12)18-15)8-11-6-7-17-14(11)16/h3-5,8H,6-7,9H2,1-2H3/b11-8+. The van der Waals surface area contributed by atoms with E-state index in [2.05, 4.69) is 19.9 Å². The van der Waals surface area contributed by atoms with Gasteiger partial charge in [-0.15, -0.1) is 0 Å². The van der Waals surface area contributed by atoms with Crippen molar-refractivity contribution in [2.75, 3.05) is 6.61 Å². The Balaban J connectivity index is 2.01. The second kappa shape index (κ2) is 3.87. The molecule has 3 rings (SSSR count). The number of cyclic esters (lactones) is 1. The van der Waals surface area contributed by atoms with Gasteiger partial charge in [0.15, 0.2) is 0 Å². The highest BCUT2D eigenvalue weighted by molar-refractivity contribution is 5.95. The van der Waals surface area contributed by atoms with Gasteiger partial charge in [0.1, 0.15) is 11.4 Å². The number of ether oxygens (including phenoxy) is 2. The van der Waals surface area contributed by atoms with Gasteiger partial charge in [-0.3, -0.25) is 0 Å². The molecule has 1 aromatic carbocycles. The van der Waals surface area contributed by atoms with Crippen LogP contribution in [0.15, 0.2) is 23.8 Å². The maximum Gasteiger partial charge on any atom is 0.334 e. The quantitative estimate of drug-likeness (QED) is 0.563. The average Bonchev–Trinajstić information content (AvgIpc) is 2.82. The Morgan fingerprint density at radius 2 is 2.17 bits per heavy atom. The molecule has 0 amide bonds. The Kier molecular flexibility index (Phi) is 2.44. The third-order valence-corrected chi connectivity index (χ3v) is 3.32. The summed E-state index contributed by atoms with van der Waals surface area (Å²) in [6, 6.07) is 6.08. The van der Waals surface area contributed by atoms with E-state index in [-0.39, 0.29) is 11.6 Å². The number of carbonyl (C=O) groups excluding carboxylic acids is 1. The number of esters is 1. The maximum absolute atomic E-state index is 11.5. The lowest BCUT2D eigenvalue weighted by atomic mass is 10.00. The molecule has 1 fully saturated rings. The van der Waals surface area contributed by atoms with E-state index in [9.17, 15) is 4.79 Å². The summed E-state index contributed by atoms with van der Waals surface area (Å²) in [5.74, 6) is 0.708. The fourth-order valence-electron chi connectivity index (χ4n) is 2.52. The molecule has 1 saturated heterocycles. The lowest BCUT2D eigenvalue weighted by molar-refractivity contribution is -0.134. The topological polar surface area (TPSA) is 35.5 Å². The van der Waals surface area contributed by atoms with Crippen molar-refractivity contribution in [3.8, 4) is 5.75 Å². The predicted molar refractivity (Wildman–Crippen MR) is 68.4 cm³/mol. The Morgan fingerprint density at radius 1 is 1.33 bits per heavy atom. The van der Waals surface area contributed by atoms with E-state index in [0.29, 0.717) is 13.0 Å². The molecule has 3 nitrogen and oxygen atoms in total. The second-order valence-electron chi connectivity index (χ2n) is 5.43. The molecule has 0 aliphatic carbocycles. The molecular formula is C15H16O3. The normalized spacial score (nSPS) is 22.8. The van der Waals surface area contributed by atoms with E-state index in [1.165, 1.54) is 5.56 Å². The molecule has 2 aliphatic heterocycles. The fourth-order valence-corrected chi connectivity index (χ4v) is 2.52. The van der Waals surface area contributed by atoms with Crippen molar-refractivity contribution < 1.29 is 14.3 Å². The molecule has 94 valence electrons. The molecule has 0 unspecified atom stereocenters. The largest absolute Gasteiger partial charge is 0.487 e. The highest BCUT2D eigenvalue weighted by atomic mass is 16.5. The van der Waals surface area contributed by atoms with E-state index >= 15 is 0 Å². The zero-order valence-corrected chi connectivity index (χ0v) is 10.7. The van der Waals surface area contributed by atoms with Crippen LogP contribution in [-0.2, 0) is 16.0 Å². The van der Waals surface area contributed by atoms with Crippen molar-refractivity contribution in [1.29, 1.82) is 0 Å². The summed E-state index contributed by atoms with van der Waals surface area (Å²) in [7, 11) is 0. The van der Waals surface area contributed by atoms with Crippen molar-refractivity contribution in [2.45, 2.75) is 32.3 Å². The van der Waals surface area contributed by atoms with Crippen LogP contribution in [0.3, 0.4) is 0 Å². The van der Waals surface area contributed by atoms with Gasteiger partial charge in [0.2, 0.25) is 0 Å². The number of para-hydroxylation sites is 1. The minimum absolute atomic E-state index is 0.160. The zero-order valence-electron chi connectivity index (χ0n) is 10.7. The minimum atomic E-state index is -0.204. The Morgan fingerprint density at radius 3 is 2.89 bits per heavy atom. The fraction of sp³-hybridized carbons (Fsp3) is 0.400. The van der Waals surface area contributed by atoms with Gasteiger partial charge in [-0.05, 0) is 25.5 Å². The Bertz CT molecular complexity index is 541. The van der Waals surface area contributed by atoms with Crippen LogP contribution in [0.5, 0.6) is 5.75 Å². The molecule has 0 radical (unpaired) electrons. The first-order valence-electron chi connectivity index (χ1n) is 6.24. The molecular weight excluding hydrogens is 228 g/mol. The van der Waals surface area contributed by atoms with Crippen molar-refractivity contribution >= 4 is 12.0 Å². The van der Waals surface area contributed by atoms with E-state index in [0.717, 1.165) is 23.3 Å². The van der Waals surface area contributed by atoms with Crippen molar-refractivity contribution in [3.63, 3.8) is 0 Å². The summed E-state index contributed by atoms with van der Waals surface area (Å²) in [6.07, 6.45) is 3.49. The van der Waals surface area contributed by atoms with Crippen LogP contribution in [0, 0.1) is 0 Å². The minimum Gasteiger partial charge on any atom is -0.487 e. The van der Waals surface area contributed by atoms with E-state index in [1.54, 1.807) is 0 Å². The summed E-state index contributed by atoms with van der Waals surface area (Å²) in [5, 5.41) is 0. The first kappa shape index (κ1) is 11.3. The van der Waals surface area contributed by atoms with Gasteiger partial charge in [-0.2, -0.15) is 0 Å². The molecule has 0 bridgehead atoms. The van der Waals surface area contributed by atoms with Gasteiger partial charge in [-0.1, -0.05) is 18.2 Å². The van der Waals surface area contributed by atoms with E-state index < -0.39 is 0 Å². The molecule has 1 aromatic rings. The Labute approximate surface area is 106 Å². The number of rotatable bonds is 1. The molecule has 18 heavy (non-hydrogen) atoms. The number of hydrogen-bond donors (Lipinski definition) is 0. The molecule has 0 atom stereocenters. The summed E-state index contributed by atoms with van der Waals surface area (Å²) < 4.78 is 10.9. The third-order valence-electron chi connectivity index (χ3n) is 3.32. The molecule has 2 aliphatic rings. The summed E-state index contributed by atoms with van der Waals surface area (Å²) >= 11 is 0. The van der Waals surface area contributed by atoms with Crippen LogP contribution in [0.2, 0.25) is 0 Å². The predicted octanol–water partition coefficient (Wildman–Crippen LogP) is 2.73. The van der Waals surface area contributed by atoms with Crippen molar-refractivity contribution in [2.24, 2.45) is 0 Å². The molecule has 0 spiro atoms. The first-order valence-corrected chi connectivity index (χ1v) is 6.24. The van der Waals surface area contributed by atoms with Crippen LogP contribution in [0.25, 0.3) is 6.08 Å². The van der Waals surface area contributed by atoms with Crippen LogP contribution in [-0.4, -0.2) is 18.2 Å². The molecule has 0 saturated carbocycles. The number of hydrogen-bond acceptors (Lipinski definition) is 3. The third kappa shape index (κ3) is 1.90. The number of carbonyl (C=O) groups is 1. The van der Waals surface area contributed by atoms with Crippen LogP contribution in [0.4, 0.5) is 0 Å². The van der Waals surface area contributed by atoms with E-state index in [1.807, 2.05) is 18.2 Å². The molecule has 2 heterocycles. The summed E-state index contributed by atoms with van der Waals surface area (Å²) in [4.78, 5) is 11.5. The van der Waals surface area contributed by atoms with Gasteiger partial charge in [-0.25, -0.2) is 4.79 Å². The zero-order chi connectivity index (χ0) is 12.8. The molecule has 0 aromatic heterocycles. The number of benzene rings is 1. The summed E-state index contributed by atoms with van der Waals surface area (Å²) in [6.45, 7) is 4.65. The first-order chi connectivity index (χ1) is 8.55. The summed E-state index contributed by atoms with van der Waals surface area (Å²) in [5.41, 5.74) is 2.76. The van der Waals surface area contributed by atoms with Crippen molar-refractivity contribution in [3.05, 3.63) is 34.9 Å². The van der Waals surface area contributed by atoms with E-state index in [4.69, 9.17) is 9.47 Å². The van der Waals surface area contributed by atoms with Crippen molar-refractivity contribution in [1.82, 2.24) is 0 Å². The van der Waals surface area contributed by atoms with Crippen LogP contribution < -0.4 is 4.74 Å². The second-order valence-corrected chi connectivity index (χ2v) is 5.43. The monoisotopic (exact) mass is 244 g/mol. The highest BCUT2D eigenvalue weighted by Crippen LogP contribution is 2.38. The smallest absolute Gasteiger partial charge is 0.334 e. The lowest BCUT2D eigenvalue weighted by Crippen LogP contribution is -2.24. The van der Waals surface area contributed by atoms with Crippen LogP contribution in [0.1, 0.15) is 31.4 Å². The van der Waals surface area contributed by atoms with Gasteiger partial charge in [0, 0.05) is 24.0 Å². The van der Waals surface area contributed by atoms with Gasteiger partial charge >= 0.3 is 5.97 Å². The van der Waals surface area contributed by atoms with Gasteiger partial charge < -0.3 is 9.47 Å². The Hall–Kier alpha value is -1.77. The highest BCUT2D eigenvalue weighted by Gasteiger charge is 2.31. The maximum atomic E-state index is 11.5. The SMILES string of the molecule is CC1(C)Cc2cccc(/C=C3\CCOC3=O)c2O1. The average molecular weight is 244 g/mol. The van der Waals surface area contributed by atoms with Gasteiger partial charge in [0.05, 0.1) is 6.61 Å². The molecule has 0 N–H and O–H groups in total.